The third-order valence-corrected chi connectivity index (χ3v) is 8.06. The smallest absolute Gasteiger partial charge is 0.0160 e. The summed E-state index contributed by atoms with van der Waals surface area (Å²) in [6.45, 7) is 2.54. The zero-order valence-corrected chi connectivity index (χ0v) is 14.3. The van der Waals surface area contributed by atoms with Crippen LogP contribution in [0.3, 0.4) is 0 Å². The molecule has 3 saturated carbocycles. The van der Waals surface area contributed by atoms with Crippen LogP contribution in [0.4, 0.5) is 0 Å². The number of hydrogen-bond donors (Lipinski definition) is 0. The maximum atomic E-state index is 5.92. The van der Waals surface area contributed by atoms with E-state index in [-0.39, 0.29) is 5.41 Å². The van der Waals surface area contributed by atoms with Crippen molar-refractivity contribution in [1.82, 2.24) is 0 Å². The molecule has 5 atom stereocenters. The fraction of sp³-hybridized carbons (Fsp3) is 0.417. The first kappa shape index (κ1) is 14.4. The highest BCUT2D eigenvalue weighted by molar-refractivity contribution is 5.57. The minimum atomic E-state index is 0.239. The Balaban J connectivity index is 1.66. The van der Waals surface area contributed by atoms with Crippen LogP contribution in [-0.2, 0) is 11.8 Å². The molecule has 0 saturated heterocycles. The highest BCUT2D eigenvalue weighted by Crippen LogP contribution is 2.98. The largest absolute Gasteiger partial charge is 0.120 e. The molecular formula is C24H24. The zero-order valence-electron chi connectivity index (χ0n) is 14.3. The average molecular weight is 312 g/mol. The Hall–Kier alpha value is -2.00. The lowest BCUT2D eigenvalue weighted by molar-refractivity contribution is -0.0483. The van der Waals surface area contributed by atoms with Gasteiger partial charge < -0.3 is 0 Å². The third-order valence-electron chi connectivity index (χ3n) is 8.06. The van der Waals surface area contributed by atoms with Gasteiger partial charge in [0.2, 0.25) is 0 Å². The summed E-state index contributed by atoms with van der Waals surface area (Å²) in [6.07, 6.45) is 10.7. The molecule has 0 aliphatic heterocycles. The third kappa shape index (κ3) is 1.28. The molecule has 0 aromatic heterocycles. The molecule has 2 aromatic rings. The van der Waals surface area contributed by atoms with Crippen molar-refractivity contribution in [2.45, 2.75) is 38.0 Å². The zero-order chi connectivity index (χ0) is 16.4. The summed E-state index contributed by atoms with van der Waals surface area (Å²) in [6, 6.07) is 22.3. The van der Waals surface area contributed by atoms with E-state index in [1.54, 1.807) is 5.56 Å². The molecule has 2 aromatic carbocycles. The molecule has 120 valence electrons. The minimum Gasteiger partial charge on any atom is -0.120 e. The number of hydrogen-bond acceptors (Lipinski definition) is 0. The Kier molecular flexibility index (Phi) is 2.72. The Morgan fingerprint density at radius 1 is 0.958 bits per heavy atom. The molecule has 3 fully saturated rings. The Morgan fingerprint density at radius 2 is 1.58 bits per heavy atom. The molecule has 3 aliphatic carbocycles. The van der Waals surface area contributed by atoms with E-state index in [4.69, 9.17) is 6.42 Å². The van der Waals surface area contributed by atoms with Gasteiger partial charge in [-0.1, -0.05) is 67.6 Å². The monoisotopic (exact) mass is 312 g/mol. The summed E-state index contributed by atoms with van der Waals surface area (Å²) in [7, 11) is 0. The predicted molar refractivity (Wildman–Crippen MR) is 98.5 cm³/mol. The van der Waals surface area contributed by atoms with Crippen LogP contribution in [0.15, 0.2) is 60.7 Å². The molecule has 0 nitrogen and oxygen atoms in total. The fourth-order valence-corrected chi connectivity index (χ4v) is 7.25. The molecular weight excluding hydrogens is 288 g/mol. The van der Waals surface area contributed by atoms with Gasteiger partial charge in [-0.3, -0.25) is 0 Å². The lowest BCUT2D eigenvalue weighted by Gasteiger charge is -2.58. The first-order valence-electron chi connectivity index (χ1n) is 9.25. The number of rotatable bonds is 4. The molecule has 3 aliphatic rings. The van der Waals surface area contributed by atoms with Gasteiger partial charge in [0.25, 0.3) is 0 Å². The lowest BCUT2D eigenvalue weighted by Crippen LogP contribution is -2.54. The van der Waals surface area contributed by atoms with E-state index < -0.39 is 0 Å². The molecule has 5 rings (SSSR count). The van der Waals surface area contributed by atoms with Gasteiger partial charge in [0.05, 0.1) is 0 Å². The van der Waals surface area contributed by atoms with Crippen LogP contribution in [0.5, 0.6) is 0 Å². The SMILES string of the molecule is C#CC[C@]1(Cc2ccccc2)[C@@]2(C)[C@H]3CC[C@@H]3[C@]12c1ccccc1. The van der Waals surface area contributed by atoms with E-state index in [0.29, 0.717) is 10.8 Å². The highest BCUT2D eigenvalue weighted by atomic mass is 15.0. The van der Waals surface area contributed by atoms with E-state index >= 15 is 0 Å². The molecule has 0 bridgehead atoms. The van der Waals surface area contributed by atoms with Crippen molar-refractivity contribution in [3.8, 4) is 12.3 Å². The van der Waals surface area contributed by atoms with Crippen molar-refractivity contribution < 1.29 is 0 Å². The van der Waals surface area contributed by atoms with Crippen LogP contribution in [0.2, 0.25) is 0 Å². The summed E-state index contributed by atoms with van der Waals surface area (Å²) in [5.41, 5.74) is 3.92. The number of fused-ring (bicyclic) bond motifs is 4. The Labute approximate surface area is 145 Å². The Bertz CT molecular complexity index is 814. The van der Waals surface area contributed by atoms with Crippen LogP contribution in [0, 0.1) is 35.0 Å². The van der Waals surface area contributed by atoms with Gasteiger partial charge in [0.1, 0.15) is 0 Å². The van der Waals surface area contributed by atoms with Crippen molar-refractivity contribution in [3.05, 3.63) is 71.8 Å². The van der Waals surface area contributed by atoms with Crippen LogP contribution in [-0.4, -0.2) is 0 Å². The van der Waals surface area contributed by atoms with E-state index in [0.717, 1.165) is 24.7 Å². The molecule has 0 N–H and O–H groups in total. The molecule has 0 radical (unpaired) electrons. The number of benzene rings is 2. The van der Waals surface area contributed by atoms with Crippen molar-refractivity contribution in [3.63, 3.8) is 0 Å². The molecule has 0 unspecified atom stereocenters. The molecule has 0 heterocycles. The quantitative estimate of drug-likeness (QED) is 0.678. The van der Waals surface area contributed by atoms with Gasteiger partial charge in [-0.25, -0.2) is 0 Å². The van der Waals surface area contributed by atoms with Crippen LogP contribution in [0.1, 0.15) is 37.3 Å². The normalized spacial score (nSPS) is 41.2. The standard InChI is InChI=1S/C24H24/c1-3-16-23(17-18-10-6-4-7-11-18)22(2)20-14-15-21(20)24(22,23)19-12-8-5-9-13-19/h1,4-13,20-21H,14-17H2,2H3/t20-,21-,22+,23-,24-/m0/s1. The summed E-state index contributed by atoms with van der Waals surface area (Å²) < 4.78 is 0. The van der Waals surface area contributed by atoms with Gasteiger partial charge in [0.15, 0.2) is 0 Å². The predicted octanol–water partition coefficient (Wildman–Crippen LogP) is 5.24. The van der Waals surface area contributed by atoms with Gasteiger partial charge in [-0.15, -0.1) is 12.3 Å². The van der Waals surface area contributed by atoms with Crippen molar-refractivity contribution in [2.24, 2.45) is 22.7 Å². The number of terminal acetylenes is 1. The van der Waals surface area contributed by atoms with Crippen LogP contribution < -0.4 is 0 Å². The summed E-state index contributed by atoms with van der Waals surface area (Å²) in [5, 5.41) is 0. The van der Waals surface area contributed by atoms with E-state index in [1.807, 2.05) is 0 Å². The summed E-state index contributed by atoms with van der Waals surface area (Å²) >= 11 is 0. The first-order valence-corrected chi connectivity index (χ1v) is 9.25. The van der Waals surface area contributed by atoms with Crippen LogP contribution >= 0.6 is 0 Å². The summed E-state index contributed by atoms with van der Waals surface area (Å²) in [4.78, 5) is 0. The molecule has 0 spiro atoms. The first-order chi connectivity index (χ1) is 11.7. The maximum absolute atomic E-state index is 5.92. The van der Waals surface area contributed by atoms with Crippen molar-refractivity contribution >= 4 is 0 Å². The molecule has 0 amide bonds. The second-order valence-corrected chi connectivity index (χ2v) is 8.29. The van der Waals surface area contributed by atoms with Gasteiger partial charge in [-0.05, 0) is 47.6 Å². The van der Waals surface area contributed by atoms with E-state index in [9.17, 15) is 0 Å². The average Bonchev–Trinajstić information content (AvgIpc) is 2.97. The van der Waals surface area contributed by atoms with E-state index in [2.05, 4.69) is 73.5 Å². The van der Waals surface area contributed by atoms with Gasteiger partial charge in [0, 0.05) is 17.3 Å². The van der Waals surface area contributed by atoms with Crippen LogP contribution in [0.25, 0.3) is 0 Å². The minimum absolute atomic E-state index is 0.239. The van der Waals surface area contributed by atoms with Crippen molar-refractivity contribution in [1.29, 1.82) is 0 Å². The van der Waals surface area contributed by atoms with Gasteiger partial charge >= 0.3 is 0 Å². The Morgan fingerprint density at radius 3 is 2.17 bits per heavy atom. The topological polar surface area (TPSA) is 0 Å². The molecule has 24 heavy (non-hydrogen) atoms. The second kappa shape index (κ2) is 4.54. The lowest BCUT2D eigenvalue weighted by atomic mass is 9.46. The van der Waals surface area contributed by atoms with E-state index in [1.165, 1.54) is 18.4 Å². The summed E-state index contributed by atoms with van der Waals surface area (Å²) in [5.74, 6) is 4.81. The molecule has 0 heteroatoms. The second-order valence-electron chi connectivity index (χ2n) is 8.29. The van der Waals surface area contributed by atoms with Crippen molar-refractivity contribution in [2.75, 3.05) is 0 Å². The fourth-order valence-electron chi connectivity index (χ4n) is 7.25. The highest BCUT2D eigenvalue weighted by Gasteiger charge is 2.96. The van der Waals surface area contributed by atoms with Gasteiger partial charge in [-0.2, -0.15) is 0 Å². The maximum Gasteiger partial charge on any atom is 0.0160 e.